The zero-order chi connectivity index (χ0) is 23.3. The topological polar surface area (TPSA) is 101 Å². The Morgan fingerprint density at radius 1 is 1.09 bits per heavy atom. The Morgan fingerprint density at radius 3 is 2.30 bits per heavy atom. The molecule has 8 heteroatoms. The van der Waals surface area contributed by atoms with Crippen LogP contribution in [0.15, 0.2) is 79.3 Å². The predicted octanol–water partition coefficient (Wildman–Crippen LogP) is 2.11. The maximum absolute atomic E-state index is 13.3. The molecule has 1 aromatic heterocycles. The molecule has 0 aliphatic carbocycles. The monoisotopic (exact) mass is 447 g/mol. The van der Waals surface area contributed by atoms with Crippen molar-refractivity contribution in [3.63, 3.8) is 0 Å². The summed E-state index contributed by atoms with van der Waals surface area (Å²) in [6, 6.07) is 19.2. The average Bonchev–Trinajstić information content (AvgIpc) is 3.19. The number of nitrogens with one attached hydrogen (secondary N) is 1. The van der Waals surface area contributed by atoms with Gasteiger partial charge in [-0.15, -0.1) is 0 Å². The van der Waals surface area contributed by atoms with Gasteiger partial charge in [0.2, 0.25) is 5.60 Å². The summed E-state index contributed by atoms with van der Waals surface area (Å²) in [7, 11) is 1.95. The Hall–Kier alpha value is -3.62. The normalized spacial score (nSPS) is 20.2. The van der Waals surface area contributed by atoms with Gasteiger partial charge in [0.1, 0.15) is 18.7 Å². The number of aromatic nitrogens is 2. The molecule has 2 N–H and O–H groups in total. The van der Waals surface area contributed by atoms with Gasteiger partial charge in [-0.1, -0.05) is 60.7 Å². The first-order chi connectivity index (χ1) is 15.9. The van der Waals surface area contributed by atoms with Gasteiger partial charge >= 0.3 is 5.97 Å². The molecule has 4 rings (SSSR count). The molecule has 1 fully saturated rings. The molecule has 33 heavy (non-hydrogen) atoms. The number of likely N-dealkylation sites (N-methyl/N-ethyl adjacent to an activating group) is 1. The van der Waals surface area contributed by atoms with Crippen molar-refractivity contribution in [2.75, 3.05) is 32.0 Å². The van der Waals surface area contributed by atoms with Gasteiger partial charge in [0.25, 0.3) is 5.91 Å². The summed E-state index contributed by atoms with van der Waals surface area (Å²) in [4.78, 5) is 33.7. The van der Waals surface area contributed by atoms with Gasteiger partial charge in [-0.3, -0.25) is 4.79 Å². The van der Waals surface area contributed by atoms with E-state index in [4.69, 9.17) is 4.74 Å². The van der Waals surface area contributed by atoms with Gasteiger partial charge in [0.05, 0.1) is 13.6 Å². The fraction of sp³-hybridized carbons (Fsp3) is 0.280. The number of quaternary nitrogens is 1. The molecule has 1 saturated heterocycles. The molecule has 170 valence electrons. The Morgan fingerprint density at radius 2 is 1.73 bits per heavy atom. The molecule has 0 radical (unpaired) electrons. The van der Waals surface area contributed by atoms with E-state index in [0.29, 0.717) is 40.9 Å². The number of carbonyl (C=O) groups excluding carboxylic acids is 2. The van der Waals surface area contributed by atoms with Crippen LogP contribution >= 0.6 is 0 Å². The van der Waals surface area contributed by atoms with E-state index in [-0.39, 0.29) is 12.5 Å². The highest BCUT2D eigenvalue weighted by Crippen LogP contribution is 2.32. The minimum atomic E-state index is -1.92. The number of rotatable bonds is 7. The highest BCUT2D eigenvalue weighted by atomic mass is 16.6. The Bertz CT molecular complexity index is 1060. The fourth-order valence-corrected chi connectivity index (χ4v) is 4.26. The van der Waals surface area contributed by atoms with E-state index in [1.807, 2.05) is 19.2 Å². The maximum Gasteiger partial charge on any atom is 0.348 e. The quantitative estimate of drug-likeness (QED) is 0.425. The lowest BCUT2D eigenvalue weighted by molar-refractivity contribution is -0.890. The van der Waals surface area contributed by atoms with Gasteiger partial charge in [-0.2, -0.15) is 0 Å². The number of hydrogen-bond donors (Lipinski definition) is 2. The first-order valence-electron chi connectivity index (χ1n) is 10.8. The second-order valence-electron chi connectivity index (χ2n) is 8.59. The van der Waals surface area contributed by atoms with Gasteiger partial charge in [0.15, 0.2) is 12.6 Å². The molecule has 3 aromatic rings. The Labute approximate surface area is 192 Å². The Balaban J connectivity index is 1.45. The third-order valence-electron chi connectivity index (χ3n) is 5.96. The van der Waals surface area contributed by atoms with Crippen LogP contribution in [0.4, 0.5) is 5.82 Å². The van der Waals surface area contributed by atoms with Crippen molar-refractivity contribution in [3.8, 4) is 0 Å². The largest absolute Gasteiger partial charge is 0.453 e. The molecule has 8 nitrogen and oxygen atoms in total. The minimum absolute atomic E-state index is 0.173. The van der Waals surface area contributed by atoms with Crippen LogP contribution in [0.5, 0.6) is 0 Å². The van der Waals surface area contributed by atoms with Crippen LogP contribution in [0.25, 0.3) is 0 Å². The standard InChI is InChI=1S/C25H26N4O4/c1-29(17-23(30)28-22-12-14-26-18-27-22)15-13-21(16-29)33-24(31)25(32,19-8-4-2-5-9-19)20-10-6-3-7-11-20/h2-12,14,18,21,32H,13,15-17H2,1H3/p+1. The van der Waals surface area contributed by atoms with Crippen molar-refractivity contribution in [3.05, 3.63) is 90.4 Å². The van der Waals surface area contributed by atoms with Crippen LogP contribution in [0, 0.1) is 0 Å². The molecule has 2 unspecified atom stereocenters. The van der Waals surface area contributed by atoms with Crippen LogP contribution in [-0.4, -0.2) is 64.2 Å². The summed E-state index contributed by atoms with van der Waals surface area (Å²) in [6.07, 6.45) is 3.12. The van der Waals surface area contributed by atoms with E-state index in [9.17, 15) is 14.7 Å². The molecule has 0 saturated carbocycles. The zero-order valence-corrected chi connectivity index (χ0v) is 18.4. The van der Waals surface area contributed by atoms with Crippen LogP contribution in [-0.2, 0) is 19.9 Å². The summed E-state index contributed by atoms with van der Waals surface area (Å²) in [5.41, 5.74) is -1.03. The molecular formula is C25H27N4O4+. The fourth-order valence-electron chi connectivity index (χ4n) is 4.26. The number of nitrogens with zero attached hydrogens (tertiary/aromatic N) is 3. The van der Waals surface area contributed by atoms with Crippen LogP contribution < -0.4 is 5.32 Å². The SMILES string of the molecule is C[N+]1(CC(=O)Nc2ccncn2)CCC(OC(=O)C(O)(c2ccccc2)c2ccccc2)C1. The summed E-state index contributed by atoms with van der Waals surface area (Å²) in [5.74, 6) is -0.448. The van der Waals surface area contributed by atoms with Crippen molar-refractivity contribution in [1.29, 1.82) is 0 Å². The van der Waals surface area contributed by atoms with Gasteiger partial charge in [-0.25, -0.2) is 14.8 Å². The van der Waals surface area contributed by atoms with Crippen molar-refractivity contribution in [2.24, 2.45) is 0 Å². The second-order valence-corrected chi connectivity index (χ2v) is 8.59. The third kappa shape index (κ3) is 5.08. The summed E-state index contributed by atoms with van der Waals surface area (Å²) in [6.45, 7) is 1.37. The molecular weight excluding hydrogens is 420 g/mol. The first-order valence-corrected chi connectivity index (χ1v) is 10.8. The van der Waals surface area contributed by atoms with E-state index in [0.717, 1.165) is 0 Å². The average molecular weight is 448 g/mol. The highest BCUT2D eigenvalue weighted by Gasteiger charge is 2.45. The summed E-state index contributed by atoms with van der Waals surface area (Å²) < 4.78 is 6.24. The number of esters is 1. The number of likely N-dealkylation sites (tertiary alicyclic amines) is 1. The lowest BCUT2D eigenvalue weighted by Gasteiger charge is -2.30. The van der Waals surface area contributed by atoms with Gasteiger partial charge in [-0.05, 0) is 17.2 Å². The maximum atomic E-state index is 13.3. The van der Waals surface area contributed by atoms with Crippen LogP contribution in [0.3, 0.4) is 0 Å². The number of hydrogen-bond acceptors (Lipinski definition) is 6. The van der Waals surface area contributed by atoms with E-state index in [1.165, 1.54) is 6.33 Å². The molecule has 0 spiro atoms. The molecule has 0 bridgehead atoms. The third-order valence-corrected chi connectivity index (χ3v) is 5.96. The molecule has 2 aromatic carbocycles. The number of carbonyl (C=O) groups is 2. The van der Waals surface area contributed by atoms with E-state index in [1.54, 1.807) is 60.8 Å². The molecule has 2 heterocycles. The number of aliphatic hydroxyl groups is 1. The van der Waals surface area contributed by atoms with Gasteiger partial charge < -0.3 is 19.6 Å². The highest BCUT2D eigenvalue weighted by molar-refractivity contribution is 5.90. The lowest BCUT2D eigenvalue weighted by Crippen LogP contribution is -2.48. The number of benzene rings is 2. The number of amides is 1. The van der Waals surface area contributed by atoms with Crippen molar-refractivity contribution >= 4 is 17.7 Å². The molecule has 2 atom stereocenters. The Kier molecular flexibility index (Phi) is 6.48. The van der Waals surface area contributed by atoms with Crippen molar-refractivity contribution < 1.29 is 23.9 Å². The number of anilines is 1. The van der Waals surface area contributed by atoms with Crippen molar-refractivity contribution in [1.82, 2.24) is 9.97 Å². The van der Waals surface area contributed by atoms with Crippen LogP contribution in [0.1, 0.15) is 17.5 Å². The molecule has 1 amide bonds. The second kappa shape index (κ2) is 9.48. The predicted molar refractivity (Wildman–Crippen MR) is 122 cm³/mol. The number of ether oxygens (including phenoxy) is 1. The van der Waals surface area contributed by atoms with Gasteiger partial charge in [0, 0.05) is 12.6 Å². The van der Waals surface area contributed by atoms with Crippen LogP contribution in [0.2, 0.25) is 0 Å². The molecule has 1 aliphatic heterocycles. The minimum Gasteiger partial charge on any atom is -0.453 e. The summed E-state index contributed by atoms with van der Waals surface area (Å²) >= 11 is 0. The lowest BCUT2D eigenvalue weighted by atomic mass is 9.86. The van der Waals surface area contributed by atoms with E-state index >= 15 is 0 Å². The zero-order valence-electron chi connectivity index (χ0n) is 18.4. The smallest absolute Gasteiger partial charge is 0.348 e. The van der Waals surface area contributed by atoms with E-state index in [2.05, 4.69) is 15.3 Å². The van der Waals surface area contributed by atoms with E-state index < -0.39 is 17.7 Å². The summed E-state index contributed by atoms with van der Waals surface area (Å²) in [5, 5.41) is 14.3. The molecule has 1 aliphatic rings. The van der Waals surface area contributed by atoms with Crippen molar-refractivity contribution in [2.45, 2.75) is 18.1 Å². The first kappa shape index (κ1) is 22.6.